The van der Waals surface area contributed by atoms with Crippen molar-refractivity contribution < 1.29 is 4.74 Å². The number of hydrogen-bond acceptors (Lipinski definition) is 4. The zero-order chi connectivity index (χ0) is 12.8. The molecule has 18 heavy (non-hydrogen) atoms. The van der Waals surface area contributed by atoms with Crippen molar-refractivity contribution in [1.29, 1.82) is 0 Å². The van der Waals surface area contributed by atoms with Crippen LogP contribution in [-0.4, -0.2) is 29.2 Å². The number of rotatable bonds is 7. The number of fused-ring (bicyclic) bond motifs is 1. The third kappa shape index (κ3) is 3.67. The van der Waals surface area contributed by atoms with E-state index in [0.29, 0.717) is 6.10 Å². The van der Waals surface area contributed by atoms with Crippen LogP contribution in [0.15, 0.2) is 6.33 Å². The van der Waals surface area contributed by atoms with E-state index in [9.17, 15) is 0 Å². The second-order valence-corrected chi connectivity index (χ2v) is 5.05. The molecule has 0 radical (unpaired) electrons. The van der Waals surface area contributed by atoms with E-state index in [0.717, 1.165) is 44.7 Å². The van der Waals surface area contributed by atoms with E-state index in [2.05, 4.69) is 29.1 Å². The molecule has 4 heteroatoms. The SMILES string of the molecule is CC(C)OCCCCNc1ncnc2c1CCC2. The van der Waals surface area contributed by atoms with Gasteiger partial charge in [-0.15, -0.1) is 0 Å². The van der Waals surface area contributed by atoms with Crippen molar-refractivity contribution in [2.75, 3.05) is 18.5 Å². The van der Waals surface area contributed by atoms with Crippen molar-refractivity contribution in [1.82, 2.24) is 9.97 Å². The van der Waals surface area contributed by atoms with Gasteiger partial charge in [0.1, 0.15) is 12.1 Å². The Bertz CT molecular complexity index is 379. The minimum atomic E-state index is 0.336. The molecular weight excluding hydrogens is 226 g/mol. The standard InChI is InChI=1S/C14H23N3O/c1-11(2)18-9-4-3-8-15-14-12-6-5-7-13(12)16-10-17-14/h10-11H,3-9H2,1-2H3,(H,15,16,17). The molecule has 0 fully saturated rings. The molecule has 0 aromatic carbocycles. The lowest BCUT2D eigenvalue weighted by atomic mass is 10.2. The van der Waals surface area contributed by atoms with Crippen molar-refractivity contribution in [3.63, 3.8) is 0 Å². The van der Waals surface area contributed by atoms with Gasteiger partial charge in [-0.3, -0.25) is 0 Å². The van der Waals surface area contributed by atoms with Gasteiger partial charge in [0, 0.05) is 24.4 Å². The number of hydrogen-bond donors (Lipinski definition) is 1. The summed E-state index contributed by atoms with van der Waals surface area (Å²) >= 11 is 0. The lowest BCUT2D eigenvalue weighted by molar-refractivity contribution is 0.0765. The molecule has 1 aromatic rings. The summed E-state index contributed by atoms with van der Waals surface area (Å²) in [5.74, 6) is 1.04. The first kappa shape index (κ1) is 13.3. The van der Waals surface area contributed by atoms with Crippen LogP contribution in [0.4, 0.5) is 5.82 Å². The smallest absolute Gasteiger partial charge is 0.132 e. The average Bonchev–Trinajstić information content (AvgIpc) is 2.82. The molecule has 0 spiro atoms. The van der Waals surface area contributed by atoms with E-state index in [4.69, 9.17) is 4.74 Å². The highest BCUT2D eigenvalue weighted by atomic mass is 16.5. The Hall–Kier alpha value is -1.16. The number of nitrogens with zero attached hydrogens (tertiary/aromatic N) is 2. The van der Waals surface area contributed by atoms with Crippen LogP contribution in [0, 0.1) is 0 Å². The Labute approximate surface area is 109 Å². The molecule has 1 aliphatic carbocycles. The van der Waals surface area contributed by atoms with Crippen LogP contribution >= 0.6 is 0 Å². The number of anilines is 1. The highest BCUT2D eigenvalue weighted by Gasteiger charge is 2.16. The average molecular weight is 249 g/mol. The van der Waals surface area contributed by atoms with Gasteiger partial charge in [-0.05, 0) is 46.0 Å². The van der Waals surface area contributed by atoms with Gasteiger partial charge in [0.05, 0.1) is 6.10 Å². The Balaban J connectivity index is 1.70. The van der Waals surface area contributed by atoms with Crippen molar-refractivity contribution in [3.05, 3.63) is 17.6 Å². The minimum Gasteiger partial charge on any atom is -0.379 e. The molecule has 0 bridgehead atoms. The normalized spacial score (nSPS) is 13.9. The topological polar surface area (TPSA) is 47.0 Å². The van der Waals surface area contributed by atoms with Crippen molar-refractivity contribution in [2.24, 2.45) is 0 Å². The van der Waals surface area contributed by atoms with Crippen LogP contribution in [0.2, 0.25) is 0 Å². The van der Waals surface area contributed by atoms with Crippen LogP contribution in [0.3, 0.4) is 0 Å². The molecule has 0 unspecified atom stereocenters. The van der Waals surface area contributed by atoms with Crippen LogP contribution in [-0.2, 0) is 17.6 Å². The summed E-state index contributed by atoms with van der Waals surface area (Å²) in [6.07, 6.45) is 7.66. The van der Waals surface area contributed by atoms with Gasteiger partial charge in [0.25, 0.3) is 0 Å². The summed E-state index contributed by atoms with van der Waals surface area (Å²) < 4.78 is 5.51. The fourth-order valence-electron chi connectivity index (χ4n) is 2.26. The molecule has 1 aromatic heterocycles. The number of aryl methyl sites for hydroxylation is 1. The van der Waals surface area contributed by atoms with E-state index >= 15 is 0 Å². The summed E-state index contributed by atoms with van der Waals surface area (Å²) in [7, 11) is 0. The second-order valence-electron chi connectivity index (χ2n) is 5.05. The van der Waals surface area contributed by atoms with E-state index in [1.165, 1.54) is 17.7 Å². The quantitative estimate of drug-likeness (QED) is 0.754. The minimum absolute atomic E-state index is 0.336. The van der Waals surface area contributed by atoms with Gasteiger partial charge in [-0.1, -0.05) is 0 Å². The van der Waals surface area contributed by atoms with Gasteiger partial charge in [-0.25, -0.2) is 9.97 Å². The van der Waals surface area contributed by atoms with Crippen molar-refractivity contribution in [3.8, 4) is 0 Å². The maximum absolute atomic E-state index is 5.51. The summed E-state index contributed by atoms with van der Waals surface area (Å²) in [6.45, 7) is 5.96. The highest BCUT2D eigenvalue weighted by molar-refractivity contribution is 5.47. The predicted molar refractivity (Wildman–Crippen MR) is 72.9 cm³/mol. The Morgan fingerprint density at radius 2 is 2.17 bits per heavy atom. The predicted octanol–water partition coefficient (Wildman–Crippen LogP) is 2.58. The lowest BCUT2D eigenvalue weighted by Gasteiger charge is -2.10. The summed E-state index contributed by atoms with van der Waals surface area (Å²) in [5, 5.41) is 3.43. The number of unbranched alkanes of at least 4 members (excludes halogenated alkanes) is 1. The Morgan fingerprint density at radius 1 is 1.28 bits per heavy atom. The fourth-order valence-corrected chi connectivity index (χ4v) is 2.26. The van der Waals surface area contributed by atoms with Gasteiger partial charge < -0.3 is 10.1 Å². The van der Waals surface area contributed by atoms with Gasteiger partial charge >= 0.3 is 0 Å². The van der Waals surface area contributed by atoms with E-state index < -0.39 is 0 Å². The molecule has 2 rings (SSSR count). The summed E-state index contributed by atoms with van der Waals surface area (Å²) in [6, 6.07) is 0. The Morgan fingerprint density at radius 3 is 3.00 bits per heavy atom. The summed E-state index contributed by atoms with van der Waals surface area (Å²) in [4.78, 5) is 8.67. The molecule has 100 valence electrons. The number of ether oxygens (including phenoxy) is 1. The van der Waals surface area contributed by atoms with Gasteiger partial charge in [0.15, 0.2) is 0 Å². The molecule has 1 N–H and O–H groups in total. The molecule has 1 heterocycles. The zero-order valence-electron chi connectivity index (χ0n) is 11.4. The fraction of sp³-hybridized carbons (Fsp3) is 0.714. The van der Waals surface area contributed by atoms with Gasteiger partial charge in [0.2, 0.25) is 0 Å². The molecule has 0 atom stereocenters. The van der Waals surface area contributed by atoms with E-state index in [1.807, 2.05) is 0 Å². The first-order chi connectivity index (χ1) is 8.77. The lowest BCUT2D eigenvalue weighted by Crippen LogP contribution is -2.09. The molecule has 0 aliphatic heterocycles. The van der Waals surface area contributed by atoms with Crippen molar-refractivity contribution in [2.45, 2.75) is 52.1 Å². The molecule has 0 amide bonds. The molecule has 1 aliphatic rings. The van der Waals surface area contributed by atoms with Gasteiger partial charge in [-0.2, -0.15) is 0 Å². The molecule has 4 nitrogen and oxygen atoms in total. The zero-order valence-corrected chi connectivity index (χ0v) is 11.4. The third-order valence-corrected chi connectivity index (χ3v) is 3.19. The maximum atomic E-state index is 5.51. The maximum Gasteiger partial charge on any atom is 0.132 e. The van der Waals surface area contributed by atoms with Crippen LogP contribution < -0.4 is 5.32 Å². The van der Waals surface area contributed by atoms with E-state index in [-0.39, 0.29) is 0 Å². The number of aromatic nitrogens is 2. The molecular formula is C14H23N3O. The second kappa shape index (κ2) is 6.69. The van der Waals surface area contributed by atoms with Crippen molar-refractivity contribution >= 4 is 5.82 Å². The Kier molecular flexibility index (Phi) is 4.93. The summed E-state index contributed by atoms with van der Waals surface area (Å²) in [5.41, 5.74) is 2.56. The first-order valence-corrected chi connectivity index (χ1v) is 6.95. The van der Waals surface area contributed by atoms with Crippen LogP contribution in [0.1, 0.15) is 44.4 Å². The molecule has 0 saturated heterocycles. The monoisotopic (exact) mass is 249 g/mol. The van der Waals surface area contributed by atoms with E-state index in [1.54, 1.807) is 6.33 Å². The number of nitrogens with one attached hydrogen (secondary N) is 1. The largest absolute Gasteiger partial charge is 0.379 e. The third-order valence-electron chi connectivity index (χ3n) is 3.19. The molecule has 0 saturated carbocycles. The highest BCUT2D eigenvalue weighted by Crippen LogP contribution is 2.24. The van der Waals surface area contributed by atoms with Crippen LogP contribution in [0.5, 0.6) is 0 Å². The first-order valence-electron chi connectivity index (χ1n) is 6.95. The van der Waals surface area contributed by atoms with Crippen LogP contribution in [0.25, 0.3) is 0 Å².